The van der Waals surface area contributed by atoms with Gasteiger partial charge in [-0.15, -0.1) is 0 Å². The van der Waals surface area contributed by atoms with E-state index in [0.29, 0.717) is 18.6 Å². The second-order valence-corrected chi connectivity index (χ2v) is 7.22. The van der Waals surface area contributed by atoms with Gasteiger partial charge in [0.2, 0.25) is 0 Å². The average molecular weight is 276 g/mol. The molecule has 0 bridgehead atoms. The van der Waals surface area contributed by atoms with Crippen LogP contribution in [0.5, 0.6) is 0 Å². The Hall–Kier alpha value is 0.270. The first kappa shape index (κ1) is 14.7. The van der Waals surface area contributed by atoms with E-state index >= 15 is 0 Å². The monoisotopic (exact) mass is 276 g/mol. The standard InChI is InChI=1S/C13H25O4P/c14-10-12-8-9-15-16-11-18(17-12)13-6-4-2-1-3-5-7-13/h12-14H,1-11H2. The van der Waals surface area contributed by atoms with E-state index in [1.807, 2.05) is 0 Å². The maximum absolute atomic E-state index is 9.31. The highest BCUT2D eigenvalue weighted by Gasteiger charge is 2.28. The zero-order valence-corrected chi connectivity index (χ0v) is 11.9. The van der Waals surface area contributed by atoms with E-state index in [1.165, 1.54) is 44.9 Å². The molecule has 1 aliphatic heterocycles. The fraction of sp³-hybridized carbons (Fsp3) is 1.00. The van der Waals surface area contributed by atoms with E-state index in [0.717, 1.165) is 6.42 Å². The first-order valence-electron chi connectivity index (χ1n) is 7.19. The first-order chi connectivity index (χ1) is 8.90. The molecule has 4 nitrogen and oxygen atoms in total. The molecule has 1 aliphatic carbocycles. The molecule has 1 heterocycles. The van der Waals surface area contributed by atoms with Crippen LogP contribution in [0.3, 0.4) is 0 Å². The van der Waals surface area contributed by atoms with Gasteiger partial charge in [0.1, 0.15) is 6.35 Å². The Morgan fingerprint density at radius 1 is 0.944 bits per heavy atom. The summed E-state index contributed by atoms with van der Waals surface area (Å²) in [5.41, 5.74) is 0.621. The minimum atomic E-state index is -0.615. The van der Waals surface area contributed by atoms with Crippen LogP contribution in [0.15, 0.2) is 0 Å². The summed E-state index contributed by atoms with van der Waals surface area (Å²) < 4.78 is 6.09. The van der Waals surface area contributed by atoms with Crippen LogP contribution in [0.1, 0.15) is 51.4 Å². The minimum absolute atomic E-state index is 0.0644. The van der Waals surface area contributed by atoms with Crippen molar-refractivity contribution >= 4 is 8.15 Å². The van der Waals surface area contributed by atoms with Crippen LogP contribution in [-0.2, 0) is 14.3 Å². The molecule has 0 aromatic carbocycles. The van der Waals surface area contributed by atoms with E-state index in [-0.39, 0.29) is 12.7 Å². The number of hydrogen-bond donors (Lipinski definition) is 1. The SMILES string of the molecule is OCC1CCOOCP(C2CCCCCCC2)O1. The van der Waals surface area contributed by atoms with Crippen molar-refractivity contribution in [3.05, 3.63) is 0 Å². The lowest BCUT2D eigenvalue weighted by Gasteiger charge is -2.32. The molecule has 2 rings (SSSR count). The summed E-state index contributed by atoms with van der Waals surface area (Å²) in [7, 11) is -0.615. The first-order valence-corrected chi connectivity index (χ1v) is 8.70. The molecule has 1 saturated heterocycles. The van der Waals surface area contributed by atoms with Crippen LogP contribution in [0, 0.1) is 0 Å². The van der Waals surface area contributed by atoms with Gasteiger partial charge in [-0.25, -0.2) is 9.78 Å². The number of hydrogen-bond acceptors (Lipinski definition) is 4. The summed E-state index contributed by atoms with van der Waals surface area (Å²) >= 11 is 0. The molecule has 2 atom stereocenters. The lowest BCUT2D eigenvalue weighted by Crippen LogP contribution is -2.24. The molecule has 2 aliphatic rings. The molecule has 106 valence electrons. The van der Waals surface area contributed by atoms with Crippen molar-refractivity contribution in [2.45, 2.75) is 63.1 Å². The molecule has 0 aromatic rings. The van der Waals surface area contributed by atoms with Crippen molar-refractivity contribution < 1.29 is 19.4 Å². The molecular formula is C13H25O4P. The summed E-state index contributed by atoms with van der Waals surface area (Å²) in [6.07, 6.45) is 10.4. The van der Waals surface area contributed by atoms with Gasteiger partial charge >= 0.3 is 0 Å². The van der Waals surface area contributed by atoms with Gasteiger partial charge in [0.15, 0.2) is 0 Å². The van der Waals surface area contributed by atoms with Gasteiger partial charge in [0.25, 0.3) is 0 Å². The minimum Gasteiger partial charge on any atom is -0.394 e. The van der Waals surface area contributed by atoms with Crippen LogP contribution in [0.2, 0.25) is 0 Å². The Kier molecular flexibility index (Phi) is 6.88. The predicted octanol–water partition coefficient (Wildman–Crippen LogP) is 3.18. The molecule has 1 saturated carbocycles. The fourth-order valence-electron chi connectivity index (χ4n) is 2.64. The molecule has 0 spiro atoms. The maximum Gasteiger partial charge on any atom is 0.126 e. The maximum atomic E-state index is 9.31. The van der Waals surface area contributed by atoms with Crippen molar-refractivity contribution in [3.63, 3.8) is 0 Å². The lowest BCUT2D eigenvalue weighted by molar-refractivity contribution is -0.287. The van der Waals surface area contributed by atoms with E-state index in [9.17, 15) is 5.11 Å². The zero-order valence-electron chi connectivity index (χ0n) is 11.1. The van der Waals surface area contributed by atoms with E-state index in [4.69, 9.17) is 14.3 Å². The smallest absolute Gasteiger partial charge is 0.126 e. The van der Waals surface area contributed by atoms with Gasteiger partial charge in [0.05, 0.1) is 27.5 Å². The normalized spacial score (nSPS) is 33.2. The van der Waals surface area contributed by atoms with Crippen molar-refractivity contribution in [1.29, 1.82) is 0 Å². The third-order valence-corrected chi connectivity index (χ3v) is 6.02. The Morgan fingerprint density at radius 3 is 2.39 bits per heavy atom. The van der Waals surface area contributed by atoms with Crippen LogP contribution in [-0.4, -0.2) is 36.4 Å². The van der Waals surface area contributed by atoms with Crippen molar-refractivity contribution in [2.75, 3.05) is 19.6 Å². The number of aliphatic hydroxyl groups is 1. The van der Waals surface area contributed by atoms with Crippen molar-refractivity contribution in [2.24, 2.45) is 0 Å². The van der Waals surface area contributed by atoms with E-state index in [2.05, 4.69) is 0 Å². The van der Waals surface area contributed by atoms with Gasteiger partial charge < -0.3 is 9.63 Å². The van der Waals surface area contributed by atoms with Gasteiger partial charge in [-0.2, -0.15) is 0 Å². The van der Waals surface area contributed by atoms with Gasteiger partial charge in [-0.3, -0.25) is 0 Å². The molecule has 2 unspecified atom stereocenters. The molecule has 1 N–H and O–H groups in total. The Bertz CT molecular complexity index is 219. The Labute approximate surface area is 111 Å². The molecule has 0 aromatic heterocycles. The second kappa shape index (κ2) is 8.44. The van der Waals surface area contributed by atoms with Crippen LogP contribution >= 0.6 is 8.15 Å². The highest BCUT2D eigenvalue weighted by atomic mass is 31.1. The summed E-state index contributed by atoms with van der Waals surface area (Å²) in [4.78, 5) is 10.3. The van der Waals surface area contributed by atoms with Crippen LogP contribution < -0.4 is 0 Å². The largest absolute Gasteiger partial charge is 0.394 e. The molecule has 0 radical (unpaired) electrons. The lowest BCUT2D eigenvalue weighted by atomic mass is 10.0. The molecule has 2 fully saturated rings. The highest BCUT2D eigenvalue weighted by molar-refractivity contribution is 7.53. The van der Waals surface area contributed by atoms with Crippen molar-refractivity contribution in [3.8, 4) is 0 Å². The van der Waals surface area contributed by atoms with Gasteiger partial charge in [0, 0.05) is 12.1 Å². The van der Waals surface area contributed by atoms with Crippen LogP contribution in [0.25, 0.3) is 0 Å². The zero-order chi connectivity index (χ0) is 12.6. The highest BCUT2D eigenvalue weighted by Crippen LogP contribution is 2.49. The Morgan fingerprint density at radius 2 is 1.67 bits per heavy atom. The summed E-state index contributed by atoms with van der Waals surface area (Å²) in [5.74, 6) is 0. The van der Waals surface area contributed by atoms with Gasteiger partial charge in [-0.05, 0) is 12.8 Å². The fourth-order valence-corrected chi connectivity index (χ4v) is 4.76. The predicted molar refractivity (Wildman–Crippen MR) is 71.5 cm³/mol. The topological polar surface area (TPSA) is 47.9 Å². The molecule has 0 amide bonds. The van der Waals surface area contributed by atoms with E-state index < -0.39 is 8.15 Å². The van der Waals surface area contributed by atoms with E-state index in [1.54, 1.807) is 0 Å². The second-order valence-electron chi connectivity index (χ2n) is 5.18. The Balaban J connectivity index is 1.89. The molecule has 18 heavy (non-hydrogen) atoms. The van der Waals surface area contributed by atoms with Crippen LogP contribution in [0.4, 0.5) is 0 Å². The number of aliphatic hydroxyl groups excluding tert-OH is 1. The molecular weight excluding hydrogens is 251 g/mol. The summed E-state index contributed by atoms with van der Waals surface area (Å²) in [6, 6.07) is 0. The van der Waals surface area contributed by atoms with Crippen molar-refractivity contribution in [1.82, 2.24) is 0 Å². The third-order valence-electron chi connectivity index (χ3n) is 3.76. The number of rotatable bonds is 2. The van der Waals surface area contributed by atoms with Gasteiger partial charge in [-0.1, -0.05) is 32.1 Å². The third kappa shape index (κ3) is 4.75. The molecule has 5 heteroatoms. The quantitative estimate of drug-likeness (QED) is 0.621. The summed E-state index contributed by atoms with van der Waals surface area (Å²) in [5, 5.41) is 9.31. The summed E-state index contributed by atoms with van der Waals surface area (Å²) in [6.45, 7) is 0.605. The average Bonchev–Trinajstić information content (AvgIpc) is 2.30.